The van der Waals surface area contributed by atoms with E-state index in [1.807, 2.05) is 0 Å². The Kier molecular flexibility index (Phi) is 3.03. The third-order valence-corrected chi connectivity index (χ3v) is 6.52. The van der Waals surface area contributed by atoms with E-state index in [9.17, 15) is 18.0 Å². The van der Waals surface area contributed by atoms with Crippen LogP contribution in [0.15, 0.2) is 0 Å². The van der Waals surface area contributed by atoms with Crippen molar-refractivity contribution in [1.29, 1.82) is 0 Å². The van der Waals surface area contributed by atoms with Crippen molar-refractivity contribution in [2.45, 2.75) is 36.1 Å². The van der Waals surface area contributed by atoms with Crippen LogP contribution in [-0.4, -0.2) is 53.5 Å². The molecule has 2 rings (SSSR count). The fraction of sp³-hybridized carbons (Fsp3) is 0.700. The fourth-order valence-electron chi connectivity index (χ4n) is 2.51. The number of alkyl halides is 1. The van der Waals surface area contributed by atoms with Crippen LogP contribution < -0.4 is 0 Å². The summed E-state index contributed by atoms with van der Waals surface area (Å²) in [7, 11) is -3.82. The molecular weight excluding hydrogens is 296 g/mol. The van der Waals surface area contributed by atoms with E-state index in [2.05, 4.69) is 9.58 Å². The minimum absolute atomic E-state index is 0.426. The molecule has 0 saturated carbocycles. The summed E-state index contributed by atoms with van der Waals surface area (Å²) in [5.41, 5.74) is 0. The van der Waals surface area contributed by atoms with E-state index in [1.165, 1.54) is 13.8 Å². The number of ether oxygens (including phenoxy) is 1. The summed E-state index contributed by atoms with van der Waals surface area (Å²) >= 11 is 5.29. The van der Waals surface area contributed by atoms with Crippen molar-refractivity contribution in [2.24, 2.45) is 0 Å². The highest BCUT2D eigenvalue weighted by atomic mass is 35.5. The normalized spacial score (nSPS) is 34.1. The lowest BCUT2D eigenvalue weighted by atomic mass is 9.96. The maximum atomic E-state index is 12.3. The molecule has 2 aliphatic rings. The molecule has 0 N–H and O–H groups in total. The van der Waals surface area contributed by atoms with E-state index >= 15 is 0 Å². The molecule has 0 bridgehead atoms. The van der Waals surface area contributed by atoms with Crippen LogP contribution in [0.1, 0.15) is 13.8 Å². The van der Waals surface area contributed by atoms with Crippen LogP contribution in [0.2, 0.25) is 0 Å². The Morgan fingerprint density at radius 1 is 1.58 bits per heavy atom. The minimum Gasteiger partial charge on any atom is -0.448 e. The van der Waals surface area contributed by atoms with Crippen molar-refractivity contribution in [3.05, 3.63) is 11.4 Å². The van der Waals surface area contributed by atoms with Gasteiger partial charge < -0.3 is 4.74 Å². The lowest BCUT2D eigenvalue weighted by Gasteiger charge is -2.36. The van der Waals surface area contributed by atoms with Gasteiger partial charge in [0.15, 0.2) is 21.9 Å². The first kappa shape index (κ1) is 14.1. The van der Waals surface area contributed by atoms with Gasteiger partial charge in [0.05, 0.1) is 0 Å². The molecule has 0 aliphatic carbocycles. The third kappa shape index (κ3) is 1.51. The van der Waals surface area contributed by atoms with Crippen LogP contribution in [0.5, 0.6) is 0 Å². The van der Waals surface area contributed by atoms with E-state index in [-0.39, 0.29) is 0 Å². The molecule has 2 heterocycles. The Morgan fingerprint density at radius 3 is 2.63 bits per heavy atom. The first-order valence-electron chi connectivity index (χ1n) is 5.36. The van der Waals surface area contributed by atoms with Gasteiger partial charge >= 0.3 is 17.9 Å². The summed E-state index contributed by atoms with van der Waals surface area (Å²) in [6, 6.07) is -2.95. The summed E-state index contributed by atoms with van der Waals surface area (Å²) < 4.78 is 27.8. The number of fused-ring (bicyclic) bond motifs is 1. The molecule has 1 unspecified atom stereocenters. The molecule has 0 spiro atoms. The van der Waals surface area contributed by atoms with Crippen LogP contribution in [0.4, 0.5) is 0 Å². The Hall–Kier alpha value is -1.33. The summed E-state index contributed by atoms with van der Waals surface area (Å²) in [6.07, 6.45) is 0. The van der Waals surface area contributed by atoms with Crippen molar-refractivity contribution in [3.63, 3.8) is 0 Å². The van der Waals surface area contributed by atoms with Crippen LogP contribution in [-0.2, 0) is 24.2 Å². The number of carbonyl (C=O) groups excluding carboxylic acids is 2. The Bertz CT molecular complexity index is 594. The monoisotopic (exact) mass is 306 g/mol. The van der Waals surface area contributed by atoms with E-state index < -0.39 is 50.0 Å². The number of nitrogens with zero attached hydrogens (tertiary/aromatic N) is 2. The summed E-state index contributed by atoms with van der Waals surface area (Å²) in [5, 5.41) is -1.26. The van der Waals surface area contributed by atoms with Crippen molar-refractivity contribution >= 4 is 33.3 Å². The molecular formula is C10H11ClN2O5S. The topological polar surface area (TPSA) is 85.1 Å². The van der Waals surface area contributed by atoms with Gasteiger partial charge in [-0.3, -0.25) is 14.5 Å². The number of β-lactam (4-membered cyclic amide) rings is 1. The molecule has 0 aromatic heterocycles. The van der Waals surface area contributed by atoms with Gasteiger partial charge in [-0.15, -0.1) is 0 Å². The van der Waals surface area contributed by atoms with E-state index in [0.29, 0.717) is 0 Å². The van der Waals surface area contributed by atoms with Crippen molar-refractivity contribution in [3.8, 4) is 0 Å². The van der Waals surface area contributed by atoms with Gasteiger partial charge in [-0.25, -0.2) is 19.8 Å². The molecule has 2 saturated heterocycles. The second kappa shape index (κ2) is 4.08. The van der Waals surface area contributed by atoms with Gasteiger partial charge in [0, 0.05) is 0 Å². The maximum Gasteiger partial charge on any atom is 0.334 e. The lowest BCUT2D eigenvalue weighted by molar-refractivity contribution is -0.160. The highest BCUT2D eigenvalue weighted by Gasteiger charge is 2.75. The number of hydrogen-bond acceptors (Lipinski definition) is 5. The van der Waals surface area contributed by atoms with Gasteiger partial charge in [0.2, 0.25) is 5.37 Å². The van der Waals surface area contributed by atoms with Gasteiger partial charge in [0.1, 0.15) is 4.75 Å². The number of carbonyl (C=O) groups is 2. The molecule has 1 amide bonds. The molecule has 2 fully saturated rings. The molecule has 104 valence electrons. The minimum atomic E-state index is -3.82. The standard InChI is InChI=1S/C10H11ClN2O5S/c1-10(2)6(9(15)18-4-11)13-7(14)5(12-3)8(13)19(10,16)17/h5-6,8H,4H2,1-2H3/t5?,6-,8+/m0/s1. The average Bonchev–Trinajstić information content (AvgIpc) is 2.44. The Labute approximate surface area is 115 Å². The molecule has 0 aromatic rings. The zero-order valence-electron chi connectivity index (χ0n) is 10.2. The molecule has 9 heteroatoms. The first-order valence-corrected chi connectivity index (χ1v) is 7.44. The van der Waals surface area contributed by atoms with Crippen LogP contribution in [0, 0.1) is 6.57 Å². The van der Waals surface area contributed by atoms with E-state index in [1.54, 1.807) is 0 Å². The van der Waals surface area contributed by atoms with Gasteiger partial charge in [0.25, 0.3) is 0 Å². The summed E-state index contributed by atoms with van der Waals surface area (Å²) in [5.74, 6) is -1.53. The van der Waals surface area contributed by atoms with Crippen molar-refractivity contribution in [1.82, 2.24) is 4.90 Å². The molecule has 0 radical (unpaired) electrons. The number of halogens is 1. The number of hydrogen-bond donors (Lipinski definition) is 0. The second-order valence-electron chi connectivity index (χ2n) is 4.83. The molecule has 3 atom stereocenters. The predicted molar refractivity (Wildman–Crippen MR) is 64.6 cm³/mol. The SMILES string of the molecule is [C-]#[N+]C1C(=O)N2[C@@H](C(=O)OCCl)C(C)(C)S(=O)(=O)[C@H]12. The van der Waals surface area contributed by atoms with Gasteiger partial charge in [-0.1, -0.05) is 11.6 Å². The van der Waals surface area contributed by atoms with E-state index in [4.69, 9.17) is 18.2 Å². The van der Waals surface area contributed by atoms with Crippen molar-refractivity contribution < 1.29 is 22.7 Å². The Balaban J connectivity index is 2.50. The number of esters is 1. The van der Waals surface area contributed by atoms with Gasteiger partial charge in [-0.05, 0) is 13.8 Å². The fourth-order valence-corrected chi connectivity index (χ4v) is 4.81. The first-order chi connectivity index (χ1) is 8.71. The molecule has 19 heavy (non-hydrogen) atoms. The maximum absolute atomic E-state index is 12.3. The van der Waals surface area contributed by atoms with E-state index in [0.717, 1.165) is 4.90 Å². The van der Waals surface area contributed by atoms with Crippen LogP contribution in [0.3, 0.4) is 0 Å². The zero-order chi connectivity index (χ0) is 14.6. The predicted octanol–water partition coefficient (Wildman–Crippen LogP) is -0.242. The third-order valence-electron chi connectivity index (χ3n) is 3.60. The number of amides is 1. The van der Waals surface area contributed by atoms with Crippen LogP contribution >= 0.6 is 11.6 Å². The highest BCUT2D eigenvalue weighted by molar-refractivity contribution is 7.94. The lowest BCUT2D eigenvalue weighted by Crippen LogP contribution is -2.65. The Morgan fingerprint density at radius 2 is 2.16 bits per heavy atom. The van der Waals surface area contributed by atoms with Gasteiger partial charge in [-0.2, -0.15) is 0 Å². The zero-order valence-corrected chi connectivity index (χ0v) is 11.7. The largest absolute Gasteiger partial charge is 0.448 e. The summed E-state index contributed by atoms with van der Waals surface area (Å²) in [6.45, 7) is 9.56. The summed E-state index contributed by atoms with van der Waals surface area (Å²) in [4.78, 5) is 27.6. The molecule has 0 aromatic carbocycles. The quantitative estimate of drug-likeness (QED) is 0.304. The average molecular weight is 307 g/mol. The number of sulfone groups is 1. The highest BCUT2D eigenvalue weighted by Crippen LogP contribution is 2.47. The molecule has 2 aliphatic heterocycles. The number of rotatable bonds is 2. The van der Waals surface area contributed by atoms with Crippen molar-refractivity contribution in [2.75, 3.05) is 6.07 Å². The second-order valence-corrected chi connectivity index (χ2v) is 7.68. The van der Waals surface area contributed by atoms with Crippen LogP contribution in [0.25, 0.3) is 4.85 Å². The molecule has 7 nitrogen and oxygen atoms in total. The smallest absolute Gasteiger partial charge is 0.334 e.